The molecule has 0 spiro atoms. The van der Waals surface area contributed by atoms with Gasteiger partial charge in [0.25, 0.3) is 0 Å². The number of sulfonamides is 1. The van der Waals surface area contributed by atoms with E-state index in [1.807, 2.05) is 0 Å². The highest BCUT2D eigenvalue weighted by atomic mass is 35.5. The SMILES string of the molecule is NC(=S)c1ccc(S(=O)(=O)N2CCCCCC2)cc1Cl. The molecule has 4 nitrogen and oxygen atoms in total. The van der Waals surface area contributed by atoms with Crippen LogP contribution in [0.2, 0.25) is 5.02 Å². The summed E-state index contributed by atoms with van der Waals surface area (Å²) in [7, 11) is -3.49. The lowest BCUT2D eigenvalue weighted by Crippen LogP contribution is -2.32. The first-order chi connectivity index (χ1) is 9.43. The molecule has 1 aliphatic heterocycles. The summed E-state index contributed by atoms with van der Waals surface area (Å²) in [5.74, 6) is 0. The third-order valence-corrected chi connectivity index (χ3v) is 5.84. The van der Waals surface area contributed by atoms with Crippen molar-refractivity contribution in [2.75, 3.05) is 13.1 Å². The highest BCUT2D eigenvalue weighted by Crippen LogP contribution is 2.25. The van der Waals surface area contributed by atoms with E-state index in [0.717, 1.165) is 25.7 Å². The van der Waals surface area contributed by atoms with Gasteiger partial charge in [-0.05, 0) is 31.0 Å². The van der Waals surface area contributed by atoms with Crippen molar-refractivity contribution < 1.29 is 8.42 Å². The summed E-state index contributed by atoms with van der Waals surface area (Å²) in [6.45, 7) is 1.13. The summed E-state index contributed by atoms with van der Waals surface area (Å²) >= 11 is 10.9. The molecular weight excluding hydrogens is 316 g/mol. The van der Waals surface area contributed by atoms with Crippen LogP contribution in [-0.2, 0) is 10.0 Å². The Morgan fingerprint density at radius 1 is 1.20 bits per heavy atom. The highest BCUT2D eigenvalue weighted by Gasteiger charge is 2.25. The van der Waals surface area contributed by atoms with Gasteiger partial charge in [-0.1, -0.05) is 36.7 Å². The highest BCUT2D eigenvalue weighted by molar-refractivity contribution is 7.89. The molecule has 1 aromatic rings. The normalized spacial score (nSPS) is 17.6. The fourth-order valence-electron chi connectivity index (χ4n) is 2.29. The van der Waals surface area contributed by atoms with Gasteiger partial charge in [0.05, 0.1) is 9.92 Å². The van der Waals surface area contributed by atoms with Crippen LogP contribution in [0.4, 0.5) is 0 Å². The van der Waals surface area contributed by atoms with Crippen molar-refractivity contribution in [3.8, 4) is 0 Å². The number of thiocarbonyl (C=S) groups is 1. The molecule has 0 radical (unpaired) electrons. The Bertz CT molecular complexity index is 609. The molecule has 0 saturated carbocycles. The average Bonchev–Trinajstić information content (AvgIpc) is 2.67. The summed E-state index contributed by atoms with van der Waals surface area (Å²) in [5, 5.41) is 0.272. The summed E-state index contributed by atoms with van der Waals surface area (Å²) in [6.07, 6.45) is 3.95. The standard InChI is InChI=1S/C13H17ClN2O2S2/c14-12-9-10(5-6-11(12)13(15)19)20(17,18)16-7-3-1-2-4-8-16/h5-6,9H,1-4,7-8H2,(H2,15,19). The Hall–Kier alpha value is -0.690. The van der Waals surface area contributed by atoms with E-state index in [2.05, 4.69) is 0 Å². The van der Waals surface area contributed by atoms with Crippen LogP contribution in [0.25, 0.3) is 0 Å². The van der Waals surface area contributed by atoms with E-state index in [0.29, 0.717) is 18.7 Å². The maximum Gasteiger partial charge on any atom is 0.243 e. The van der Waals surface area contributed by atoms with E-state index in [-0.39, 0.29) is 14.9 Å². The summed E-state index contributed by atoms with van der Waals surface area (Å²) in [4.78, 5) is 0.359. The molecule has 0 atom stereocenters. The number of nitrogens with zero attached hydrogens (tertiary/aromatic N) is 1. The number of rotatable bonds is 3. The Kier molecular flexibility index (Phi) is 5.01. The minimum Gasteiger partial charge on any atom is -0.389 e. The minimum atomic E-state index is -3.49. The average molecular weight is 333 g/mol. The quantitative estimate of drug-likeness (QED) is 0.864. The van der Waals surface area contributed by atoms with Crippen molar-refractivity contribution in [3.63, 3.8) is 0 Å². The molecule has 1 aromatic carbocycles. The van der Waals surface area contributed by atoms with Gasteiger partial charge in [0, 0.05) is 18.7 Å². The van der Waals surface area contributed by atoms with E-state index < -0.39 is 10.0 Å². The summed E-state index contributed by atoms with van der Waals surface area (Å²) in [6, 6.07) is 4.51. The first-order valence-corrected chi connectivity index (χ1v) is 8.75. The second-order valence-corrected chi connectivity index (χ2v) is 7.61. The van der Waals surface area contributed by atoms with Gasteiger partial charge in [-0.15, -0.1) is 0 Å². The fourth-order valence-corrected chi connectivity index (χ4v) is 4.41. The molecule has 0 unspecified atom stereocenters. The zero-order valence-electron chi connectivity index (χ0n) is 11.0. The van der Waals surface area contributed by atoms with Crippen LogP contribution < -0.4 is 5.73 Å². The smallest absolute Gasteiger partial charge is 0.243 e. The first-order valence-electron chi connectivity index (χ1n) is 6.52. The lowest BCUT2D eigenvalue weighted by molar-refractivity contribution is 0.424. The van der Waals surface area contributed by atoms with Crippen LogP contribution in [0.3, 0.4) is 0 Å². The van der Waals surface area contributed by atoms with Gasteiger partial charge in [0.15, 0.2) is 0 Å². The number of halogens is 1. The van der Waals surface area contributed by atoms with E-state index in [1.165, 1.54) is 16.4 Å². The number of nitrogens with two attached hydrogens (primary N) is 1. The number of benzene rings is 1. The Morgan fingerprint density at radius 2 is 1.80 bits per heavy atom. The molecule has 0 aliphatic carbocycles. The molecule has 2 rings (SSSR count). The van der Waals surface area contributed by atoms with Crippen LogP contribution in [-0.4, -0.2) is 30.8 Å². The van der Waals surface area contributed by atoms with Crippen molar-refractivity contribution in [2.24, 2.45) is 5.73 Å². The molecular formula is C13H17ClN2O2S2. The lowest BCUT2D eigenvalue weighted by atomic mass is 10.2. The van der Waals surface area contributed by atoms with Gasteiger partial charge in [0.1, 0.15) is 4.99 Å². The monoisotopic (exact) mass is 332 g/mol. The molecule has 110 valence electrons. The lowest BCUT2D eigenvalue weighted by Gasteiger charge is -2.20. The van der Waals surface area contributed by atoms with E-state index >= 15 is 0 Å². The van der Waals surface area contributed by atoms with Crippen LogP contribution in [0.15, 0.2) is 23.1 Å². The fraction of sp³-hybridized carbons (Fsp3) is 0.462. The zero-order chi connectivity index (χ0) is 14.8. The van der Waals surface area contributed by atoms with Gasteiger partial charge in [-0.3, -0.25) is 0 Å². The zero-order valence-corrected chi connectivity index (χ0v) is 13.4. The van der Waals surface area contributed by atoms with E-state index in [9.17, 15) is 8.42 Å². The number of hydrogen-bond acceptors (Lipinski definition) is 3. The van der Waals surface area contributed by atoms with Crippen molar-refractivity contribution in [3.05, 3.63) is 28.8 Å². The van der Waals surface area contributed by atoms with Crippen LogP contribution in [0.1, 0.15) is 31.2 Å². The van der Waals surface area contributed by atoms with Crippen LogP contribution in [0.5, 0.6) is 0 Å². The molecule has 1 fully saturated rings. The topological polar surface area (TPSA) is 63.4 Å². The Morgan fingerprint density at radius 3 is 2.30 bits per heavy atom. The van der Waals surface area contributed by atoms with Gasteiger partial charge in [-0.2, -0.15) is 4.31 Å². The summed E-state index contributed by atoms with van der Waals surface area (Å²) < 4.78 is 26.7. The van der Waals surface area contributed by atoms with E-state index in [4.69, 9.17) is 29.6 Å². The van der Waals surface area contributed by atoms with Gasteiger partial charge < -0.3 is 5.73 Å². The van der Waals surface area contributed by atoms with Crippen molar-refractivity contribution in [2.45, 2.75) is 30.6 Å². The maximum absolute atomic E-state index is 12.6. The predicted molar refractivity (Wildman–Crippen MR) is 84.6 cm³/mol. The van der Waals surface area contributed by atoms with E-state index in [1.54, 1.807) is 6.07 Å². The second kappa shape index (κ2) is 6.39. The van der Waals surface area contributed by atoms with Crippen molar-refractivity contribution in [1.82, 2.24) is 4.31 Å². The Balaban J connectivity index is 2.34. The molecule has 0 aromatic heterocycles. The third-order valence-electron chi connectivity index (χ3n) is 3.41. The summed E-state index contributed by atoms with van der Waals surface area (Å²) in [5.41, 5.74) is 6.02. The van der Waals surface area contributed by atoms with Gasteiger partial charge in [-0.25, -0.2) is 8.42 Å². The number of hydrogen-bond donors (Lipinski definition) is 1. The van der Waals surface area contributed by atoms with Gasteiger partial charge in [0.2, 0.25) is 10.0 Å². The largest absolute Gasteiger partial charge is 0.389 e. The predicted octanol–water partition coefficient (Wildman–Crippen LogP) is 2.54. The second-order valence-electron chi connectivity index (χ2n) is 4.82. The molecule has 1 saturated heterocycles. The first kappa shape index (κ1) is 15.7. The van der Waals surface area contributed by atoms with Crippen molar-refractivity contribution in [1.29, 1.82) is 0 Å². The Labute approximate surface area is 130 Å². The minimum absolute atomic E-state index is 0.161. The molecule has 20 heavy (non-hydrogen) atoms. The molecule has 2 N–H and O–H groups in total. The maximum atomic E-state index is 12.6. The third kappa shape index (κ3) is 3.31. The molecule has 7 heteroatoms. The van der Waals surface area contributed by atoms with Crippen LogP contribution in [0, 0.1) is 0 Å². The molecule has 1 aliphatic rings. The molecule has 1 heterocycles. The molecule has 0 bridgehead atoms. The van der Waals surface area contributed by atoms with Gasteiger partial charge >= 0.3 is 0 Å². The molecule has 0 amide bonds. The van der Waals surface area contributed by atoms with Crippen molar-refractivity contribution >= 4 is 38.8 Å². The van der Waals surface area contributed by atoms with Crippen LogP contribution >= 0.6 is 23.8 Å².